The molecule has 1 N–H and O–H groups in total. The van der Waals surface area contributed by atoms with Gasteiger partial charge in [0.25, 0.3) is 0 Å². The Morgan fingerprint density at radius 3 is 2.80 bits per heavy atom. The Kier molecular flexibility index (Phi) is 3.99. The Morgan fingerprint density at radius 2 is 2.04 bits per heavy atom. The number of halogens is 2. The standard InChI is InChI=1S/C18H11ClFN3OS/c19-14-3-1-2-4-16(14)22-17-5-11-8-21-23(18(11)7-15(17)20)12-6-13(9-24)25-10-12/h1-10,22H. The first-order valence-electron chi connectivity index (χ1n) is 7.38. The number of benzene rings is 2. The second kappa shape index (κ2) is 6.31. The van der Waals surface area contributed by atoms with Gasteiger partial charge in [-0.2, -0.15) is 5.10 Å². The van der Waals surface area contributed by atoms with Gasteiger partial charge >= 0.3 is 0 Å². The largest absolute Gasteiger partial charge is 0.352 e. The van der Waals surface area contributed by atoms with E-state index in [4.69, 9.17) is 11.6 Å². The third kappa shape index (κ3) is 2.90. The zero-order chi connectivity index (χ0) is 17.4. The van der Waals surface area contributed by atoms with Crippen molar-refractivity contribution in [2.75, 3.05) is 5.32 Å². The Labute approximate surface area is 151 Å². The monoisotopic (exact) mass is 371 g/mol. The molecule has 0 spiro atoms. The van der Waals surface area contributed by atoms with Crippen molar-refractivity contribution in [3.8, 4) is 5.69 Å². The van der Waals surface area contributed by atoms with Crippen LogP contribution in [0.2, 0.25) is 5.02 Å². The van der Waals surface area contributed by atoms with Gasteiger partial charge in [0, 0.05) is 16.8 Å². The summed E-state index contributed by atoms with van der Waals surface area (Å²) in [5.74, 6) is -0.417. The molecule has 0 aliphatic heterocycles. The quantitative estimate of drug-likeness (QED) is 0.486. The number of rotatable bonds is 4. The number of fused-ring (bicyclic) bond motifs is 1. The number of anilines is 2. The molecule has 0 fully saturated rings. The number of para-hydroxylation sites is 1. The molecular formula is C18H11ClFN3OS. The van der Waals surface area contributed by atoms with E-state index in [1.165, 1.54) is 17.4 Å². The summed E-state index contributed by atoms with van der Waals surface area (Å²) in [7, 11) is 0. The lowest BCUT2D eigenvalue weighted by Gasteiger charge is -2.10. The van der Waals surface area contributed by atoms with E-state index in [1.807, 2.05) is 17.5 Å². The van der Waals surface area contributed by atoms with Crippen molar-refractivity contribution in [2.45, 2.75) is 0 Å². The number of aromatic nitrogens is 2. The number of carbonyl (C=O) groups is 1. The molecule has 124 valence electrons. The Hall–Kier alpha value is -2.70. The van der Waals surface area contributed by atoms with Crippen LogP contribution in [0.1, 0.15) is 9.67 Å². The summed E-state index contributed by atoms with van der Waals surface area (Å²) in [5, 5.41) is 10.4. The lowest BCUT2D eigenvalue weighted by molar-refractivity contribution is 0.112. The van der Waals surface area contributed by atoms with Gasteiger partial charge in [0.05, 0.1) is 38.7 Å². The van der Waals surface area contributed by atoms with Crippen molar-refractivity contribution in [3.05, 3.63) is 69.8 Å². The molecule has 4 rings (SSSR count). The van der Waals surface area contributed by atoms with Gasteiger partial charge in [-0.1, -0.05) is 23.7 Å². The second-order valence-corrected chi connectivity index (χ2v) is 6.73. The number of hydrogen-bond acceptors (Lipinski definition) is 4. The molecule has 4 aromatic rings. The fourth-order valence-corrected chi connectivity index (χ4v) is 3.42. The van der Waals surface area contributed by atoms with Crippen LogP contribution in [0.25, 0.3) is 16.6 Å². The van der Waals surface area contributed by atoms with E-state index in [2.05, 4.69) is 10.4 Å². The molecule has 0 aliphatic rings. The summed E-state index contributed by atoms with van der Waals surface area (Å²) in [6.45, 7) is 0. The summed E-state index contributed by atoms with van der Waals surface area (Å²) < 4.78 is 16.2. The summed E-state index contributed by atoms with van der Waals surface area (Å²) in [6.07, 6.45) is 2.44. The normalized spacial score (nSPS) is 11.0. The minimum atomic E-state index is -0.417. The van der Waals surface area contributed by atoms with Gasteiger partial charge in [-0.3, -0.25) is 4.79 Å². The van der Waals surface area contributed by atoms with Gasteiger partial charge in [-0.05, 0) is 24.3 Å². The Morgan fingerprint density at radius 1 is 1.20 bits per heavy atom. The highest BCUT2D eigenvalue weighted by molar-refractivity contribution is 7.12. The molecule has 0 unspecified atom stereocenters. The minimum absolute atomic E-state index is 0.319. The van der Waals surface area contributed by atoms with Gasteiger partial charge in [0.2, 0.25) is 0 Å². The van der Waals surface area contributed by atoms with Crippen LogP contribution in [0, 0.1) is 5.82 Å². The van der Waals surface area contributed by atoms with E-state index in [1.54, 1.807) is 35.1 Å². The van der Waals surface area contributed by atoms with Crippen molar-refractivity contribution >= 4 is 51.5 Å². The van der Waals surface area contributed by atoms with Crippen LogP contribution >= 0.6 is 22.9 Å². The second-order valence-electron chi connectivity index (χ2n) is 5.38. The summed E-state index contributed by atoms with van der Waals surface area (Å²) in [5.41, 5.74) is 2.30. The predicted molar refractivity (Wildman–Crippen MR) is 99.0 cm³/mol. The average molecular weight is 372 g/mol. The van der Waals surface area contributed by atoms with Crippen LogP contribution in [0.3, 0.4) is 0 Å². The van der Waals surface area contributed by atoms with Gasteiger partial charge in [0.1, 0.15) is 5.82 Å². The first-order chi connectivity index (χ1) is 12.2. The topological polar surface area (TPSA) is 46.9 Å². The van der Waals surface area contributed by atoms with Crippen LogP contribution in [-0.4, -0.2) is 16.1 Å². The van der Waals surface area contributed by atoms with E-state index in [0.717, 1.165) is 17.4 Å². The van der Waals surface area contributed by atoms with Crippen LogP contribution in [0.4, 0.5) is 15.8 Å². The van der Waals surface area contributed by atoms with Crippen molar-refractivity contribution in [1.29, 1.82) is 0 Å². The first-order valence-corrected chi connectivity index (χ1v) is 8.64. The maximum Gasteiger partial charge on any atom is 0.160 e. The van der Waals surface area contributed by atoms with E-state index in [0.29, 0.717) is 26.8 Å². The van der Waals surface area contributed by atoms with Gasteiger partial charge in [0.15, 0.2) is 6.29 Å². The summed E-state index contributed by atoms with van der Waals surface area (Å²) >= 11 is 7.43. The predicted octanol–water partition coefficient (Wildman–Crippen LogP) is 5.44. The fourth-order valence-electron chi connectivity index (χ4n) is 2.57. The summed E-state index contributed by atoms with van der Waals surface area (Å²) in [4.78, 5) is 11.4. The fraction of sp³-hybridized carbons (Fsp3) is 0. The lowest BCUT2D eigenvalue weighted by Crippen LogP contribution is -1.97. The molecule has 0 aliphatic carbocycles. The van der Waals surface area contributed by atoms with Crippen molar-refractivity contribution in [2.24, 2.45) is 0 Å². The molecule has 0 saturated carbocycles. The molecule has 2 aromatic heterocycles. The van der Waals surface area contributed by atoms with E-state index in [9.17, 15) is 9.18 Å². The van der Waals surface area contributed by atoms with Crippen molar-refractivity contribution in [3.63, 3.8) is 0 Å². The molecule has 7 heteroatoms. The molecule has 25 heavy (non-hydrogen) atoms. The summed E-state index contributed by atoms with van der Waals surface area (Å²) in [6, 6.07) is 12.0. The van der Waals surface area contributed by atoms with Crippen LogP contribution < -0.4 is 5.32 Å². The third-order valence-electron chi connectivity index (χ3n) is 3.77. The smallest absolute Gasteiger partial charge is 0.160 e. The minimum Gasteiger partial charge on any atom is -0.352 e. The molecule has 0 saturated heterocycles. The molecule has 0 atom stereocenters. The van der Waals surface area contributed by atoms with Gasteiger partial charge < -0.3 is 5.32 Å². The van der Waals surface area contributed by atoms with E-state index >= 15 is 0 Å². The van der Waals surface area contributed by atoms with E-state index < -0.39 is 5.82 Å². The molecule has 2 heterocycles. The maximum absolute atomic E-state index is 14.6. The van der Waals surface area contributed by atoms with Gasteiger partial charge in [-0.15, -0.1) is 11.3 Å². The molecule has 0 bridgehead atoms. The first kappa shape index (κ1) is 15.8. The maximum atomic E-state index is 14.6. The number of carbonyl (C=O) groups excluding carboxylic acids is 1. The highest BCUT2D eigenvalue weighted by Gasteiger charge is 2.12. The third-order valence-corrected chi connectivity index (χ3v) is 4.94. The molecule has 2 aromatic carbocycles. The molecule has 0 radical (unpaired) electrons. The number of hydrogen-bond donors (Lipinski definition) is 1. The number of thiophene rings is 1. The molecule has 4 nitrogen and oxygen atoms in total. The van der Waals surface area contributed by atoms with Crippen molar-refractivity contribution in [1.82, 2.24) is 9.78 Å². The number of aldehydes is 1. The van der Waals surface area contributed by atoms with Gasteiger partial charge in [-0.25, -0.2) is 9.07 Å². The number of nitrogens with one attached hydrogen (secondary N) is 1. The Bertz CT molecular complexity index is 1090. The van der Waals surface area contributed by atoms with Crippen LogP contribution in [0.5, 0.6) is 0 Å². The van der Waals surface area contributed by atoms with Crippen molar-refractivity contribution < 1.29 is 9.18 Å². The SMILES string of the molecule is O=Cc1cc(-n2ncc3cc(Nc4ccccc4Cl)c(F)cc32)cs1. The zero-order valence-electron chi connectivity index (χ0n) is 12.7. The highest BCUT2D eigenvalue weighted by Crippen LogP contribution is 2.30. The van der Waals surface area contributed by atoms with Crippen LogP contribution in [0.15, 0.2) is 54.0 Å². The number of nitrogens with zero attached hydrogens (tertiary/aromatic N) is 2. The van der Waals surface area contributed by atoms with E-state index in [-0.39, 0.29) is 0 Å². The molecular weight excluding hydrogens is 361 g/mol. The zero-order valence-corrected chi connectivity index (χ0v) is 14.3. The Balaban J connectivity index is 1.76. The van der Waals surface area contributed by atoms with Crippen LogP contribution in [-0.2, 0) is 0 Å². The molecule has 0 amide bonds. The lowest BCUT2D eigenvalue weighted by atomic mass is 10.2. The highest BCUT2D eigenvalue weighted by atomic mass is 35.5. The average Bonchev–Trinajstić information content (AvgIpc) is 3.23.